The van der Waals surface area contributed by atoms with E-state index in [9.17, 15) is 4.39 Å². The SMILES string of the molecule is Cc1ccccc1OCCNc1ncnc2c(F)cccc12. The number of benzene rings is 2. The van der Waals surface area contributed by atoms with Crippen molar-refractivity contribution >= 4 is 16.7 Å². The van der Waals surface area contributed by atoms with E-state index in [1.165, 1.54) is 12.4 Å². The number of nitrogens with zero attached hydrogens (tertiary/aromatic N) is 2. The van der Waals surface area contributed by atoms with Crippen LogP contribution in [-0.4, -0.2) is 23.1 Å². The first kappa shape index (κ1) is 14.3. The van der Waals surface area contributed by atoms with Crippen LogP contribution in [0.25, 0.3) is 10.9 Å². The predicted molar refractivity (Wildman–Crippen MR) is 84.7 cm³/mol. The van der Waals surface area contributed by atoms with Gasteiger partial charge in [0.05, 0.1) is 6.54 Å². The van der Waals surface area contributed by atoms with Crippen LogP contribution in [0.1, 0.15) is 5.56 Å². The minimum Gasteiger partial charge on any atom is -0.491 e. The maximum absolute atomic E-state index is 13.7. The van der Waals surface area contributed by atoms with Crippen LogP contribution in [0, 0.1) is 12.7 Å². The fourth-order valence-corrected chi connectivity index (χ4v) is 2.24. The summed E-state index contributed by atoms with van der Waals surface area (Å²) in [5.74, 6) is 1.12. The molecule has 4 nitrogen and oxygen atoms in total. The van der Waals surface area contributed by atoms with E-state index in [-0.39, 0.29) is 5.82 Å². The van der Waals surface area contributed by atoms with Crippen LogP contribution >= 0.6 is 0 Å². The molecule has 0 fully saturated rings. The van der Waals surface area contributed by atoms with Crippen LogP contribution in [0.4, 0.5) is 10.2 Å². The highest BCUT2D eigenvalue weighted by Crippen LogP contribution is 2.21. The Morgan fingerprint density at radius 1 is 1.09 bits per heavy atom. The van der Waals surface area contributed by atoms with Gasteiger partial charge in [-0.05, 0) is 30.7 Å². The molecule has 5 heteroatoms. The first-order valence-electron chi connectivity index (χ1n) is 7.07. The van der Waals surface area contributed by atoms with Gasteiger partial charge in [-0.15, -0.1) is 0 Å². The molecular weight excluding hydrogens is 281 g/mol. The van der Waals surface area contributed by atoms with Crippen LogP contribution in [0.2, 0.25) is 0 Å². The fraction of sp³-hybridized carbons (Fsp3) is 0.176. The quantitative estimate of drug-likeness (QED) is 0.731. The molecule has 1 N–H and O–H groups in total. The zero-order chi connectivity index (χ0) is 15.4. The average molecular weight is 297 g/mol. The van der Waals surface area contributed by atoms with Crippen molar-refractivity contribution in [1.82, 2.24) is 9.97 Å². The summed E-state index contributed by atoms with van der Waals surface area (Å²) in [7, 11) is 0. The van der Waals surface area contributed by atoms with Gasteiger partial charge in [0.25, 0.3) is 0 Å². The zero-order valence-electron chi connectivity index (χ0n) is 12.2. The Balaban J connectivity index is 1.65. The summed E-state index contributed by atoms with van der Waals surface area (Å²) in [5.41, 5.74) is 1.41. The lowest BCUT2D eigenvalue weighted by Crippen LogP contribution is -2.13. The van der Waals surface area contributed by atoms with Gasteiger partial charge in [0.2, 0.25) is 0 Å². The third-order valence-electron chi connectivity index (χ3n) is 3.36. The number of rotatable bonds is 5. The predicted octanol–water partition coefficient (Wildman–Crippen LogP) is 3.57. The maximum atomic E-state index is 13.7. The van der Waals surface area contributed by atoms with E-state index in [1.54, 1.807) is 12.1 Å². The van der Waals surface area contributed by atoms with Crippen molar-refractivity contribution in [2.75, 3.05) is 18.5 Å². The molecule has 0 unspecified atom stereocenters. The van der Waals surface area contributed by atoms with Gasteiger partial charge < -0.3 is 10.1 Å². The number of halogens is 1. The summed E-state index contributed by atoms with van der Waals surface area (Å²) >= 11 is 0. The van der Waals surface area contributed by atoms with Crippen LogP contribution in [-0.2, 0) is 0 Å². The normalized spacial score (nSPS) is 10.6. The topological polar surface area (TPSA) is 47.0 Å². The first-order valence-corrected chi connectivity index (χ1v) is 7.07. The zero-order valence-corrected chi connectivity index (χ0v) is 12.2. The van der Waals surface area contributed by atoms with E-state index in [4.69, 9.17) is 4.74 Å². The molecule has 3 rings (SSSR count). The van der Waals surface area contributed by atoms with Gasteiger partial charge in [0.1, 0.15) is 35.8 Å². The minimum atomic E-state index is -0.348. The van der Waals surface area contributed by atoms with E-state index >= 15 is 0 Å². The lowest BCUT2D eigenvalue weighted by Gasteiger charge is -2.11. The molecule has 0 radical (unpaired) electrons. The fourth-order valence-electron chi connectivity index (χ4n) is 2.24. The van der Waals surface area contributed by atoms with Crippen LogP contribution in [0.3, 0.4) is 0 Å². The molecule has 112 valence electrons. The summed E-state index contributed by atoms with van der Waals surface area (Å²) in [5, 5.41) is 3.83. The Bertz CT molecular complexity index is 792. The van der Waals surface area contributed by atoms with E-state index < -0.39 is 0 Å². The van der Waals surface area contributed by atoms with E-state index in [1.807, 2.05) is 31.2 Å². The van der Waals surface area contributed by atoms with Gasteiger partial charge in [-0.25, -0.2) is 14.4 Å². The van der Waals surface area contributed by atoms with E-state index in [0.29, 0.717) is 29.9 Å². The summed E-state index contributed by atoms with van der Waals surface area (Å²) < 4.78 is 19.4. The lowest BCUT2D eigenvalue weighted by atomic mass is 10.2. The molecule has 0 bridgehead atoms. The van der Waals surface area contributed by atoms with Gasteiger partial charge in [-0.1, -0.05) is 24.3 Å². The third-order valence-corrected chi connectivity index (χ3v) is 3.36. The largest absolute Gasteiger partial charge is 0.491 e. The Morgan fingerprint density at radius 2 is 1.95 bits per heavy atom. The molecule has 1 heterocycles. The molecule has 0 aliphatic carbocycles. The second-order valence-corrected chi connectivity index (χ2v) is 4.90. The second-order valence-electron chi connectivity index (χ2n) is 4.90. The standard InChI is InChI=1S/C17H16FN3O/c1-12-5-2-3-8-15(12)22-10-9-19-17-13-6-4-7-14(18)16(13)20-11-21-17/h2-8,11H,9-10H2,1H3,(H,19,20,21). The number of aromatic nitrogens is 2. The van der Waals surface area contributed by atoms with Gasteiger partial charge in [-0.3, -0.25) is 0 Å². The molecule has 0 amide bonds. The second kappa shape index (κ2) is 6.39. The lowest BCUT2D eigenvalue weighted by molar-refractivity contribution is 0.330. The molecule has 22 heavy (non-hydrogen) atoms. The number of fused-ring (bicyclic) bond motifs is 1. The van der Waals surface area contributed by atoms with Crippen molar-refractivity contribution in [3.05, 3.63) is 60.2 Å². The maximum Gasteiger partial charge on any atom is 0.149 e. The molecule has 0 atom stereocenters. The van der Waals surface area contributed by atoms with Crippen LogP contribution < -0.4 is 10.1 Å². The van der Waals surface area contributed by atoms with Crippen molar-refractivity contribution in [2.24, 2.45) is 0 Å². The highest BCUT2D eigenvalue weighted by Gasteiger charge is 2.06. The number of anilines is 1. The minimum absolute atomic E-state index is 0.319. The molecule has 2 aromatic carbocycles. The molecule has 0 spiro atoms. The van der Waals surface area contributed by atoms with Gasteiger partial charge in [0, 0.05) is 5.39 Å². The van der Waals surface area contributed by atoms with Crippen LogP contribution in [0.5, 0.6) is 5.75 Å². The Hall–Kier alpha value is -2.69. The molecule has 0 aliphatic rings. The Morgan fingerprint density at radius 3 is 2.82 bits per heavy atom. The number of aryl methyl sites for hydroxylation is 1. The van der Waals surface area contributed by atoms with Crippen molar-refractivity contribution in [3.8, 4) is 5.75 Å². The van der Waals surface area contributed by atoms with Gasteiger partial charge in [-0.2, -0.15) is 0 Å². The van der Waals surface area contributed by atoms with E-state index in [2.05, 4.69) is 15.3 Å². The summed E-state index contributed by atoms with van der Waals surface area (Å²) in [4.78, 5) is 8.14. The molecule has 1 aromatic heterocycles. The third kappa shape index (κ3) is 2.98. The van der Waals surface area contributed by atoms with Gasteiger partial charge in [0.15, 0.2) is 0 Å². The molecular formula is C17H16FN3O. The molecule has 3 aromatic rings. The number of ether oxygens (including phenoxy) is 1. The summed E-state index contributed by atoms with van der Waals surface area (Å²) in [6.45, 7) is 3.06. The summed E-state index contributed by atoms with van der Waals surface area (Å²) in [6, 6.07) is 12.7. The highest BCUT2D eigenvalue weighted by atomic mass is 19.1. The monoisotopic (exact) mass is 297 g/mol. The average Bonchev–Trinajstić information content (AvgIpc) is 2.54. The number of para-hydroxylation sites is 2. The molecule has 0 aliphatic heterocycles. The van der Waals surface area contributed by atoms with Gasteiger partial charge >= 0.3 is 0 Å². The number of nitrogens with one attached hydrogen (secondary N) is 1. The van der Waals surface area contributed by atoms with Crippen molar-refractivity contribution in [3.63, 3.8) is 0 Å². The Kier molecular flexibility index (Phi) is 4.14. The van der Waals surface area contributed by atoms with Crippen molar-refractivity contribution in [2.45, 2.75) is 6.92 Å². The smallest absolute Gasteiger partial charge is 0.149 e. The Labute approximate surface area is 128 Å². The molecule has 0 saturated heterocycles. The summed E-state index contributed by atoms with van der Waals surface area (Å²) in [6.07, 6.45) is 1.36. The number of hydrogen-bond acceptors (Lipinski definition) is 4. The van der Waals surface area contributed by atoms with Crippen molar-refractivity contribution in [1.29, 1.82) is 0 Å². The molecule has 0 saturated carbocycles. The highest BCUT2D eigenvalue weighted by molar-refractivity contribution is 5.89. The van der Waals surface area contributed by atoms with Crippen LogP contribution in [0.15, 0.2) is 48.8 Å². The van der Waals surface area contributed by atoms with E-state index in [0.717, 1.165) is 11.3 Å². The first-order chi connectivity index (χ1) is 10.8. The number of hydrogen-bond donors (Lipinski definition) is 1. The van der Waals surface area contributed by atoms with Crippen molar-refractivity contribution < 1.29 is 9.13 Å².